The SMILES string of the molecule is C=CC[C@]12C(=O)N(c3cccc(C(F)(F)F)c3)C(=O)N1[C@@H]1CC[C@H]2C1. The summed E-state index contributed by atoms with van der Waals surface area (Å²) in [4.78, 5) is 28.7. The molecule has 2 bridgehead atoms. The van der Waals surface area contributed by atoms with E-state index >= 15 is 0 Å². The fraction of sp³-hybridized carbons (Fsp3) is 0.444. The highest BCUT2D eigenvalue weighted by Gasteiger charge is 2.68. The number of imide groups is 1. The molecule has 0 aromatic heterocycles. The van der Waals surface area contributed by atoms with Crippen LogP contribution in [0.2, 0.25) is 0 Å². The zero-order chi connectivity index (χ0) is 18.0. The Morgan fingerprint density at radius 1 is 1.28 bits per heavy atom. The highest BCUT2D eigenvalue weighted by Crippen LogP contribution is 2.55. The van der Waals surface area contributed by atoms with Gasteiger partial charge in [-0.15, -0.1) is 6.58 Å². The third-order valence-electron chi connectivity index (χ3n) is 5.73. The summed E-state index contributed by atoms with van der Waals surface area (Å²) in [5, 5.41) is 0. The van der Waals surface area contributed by atoms with E-state index in [0.717, 1.165) is 36.3 Å². The number of benzene rings is 1. The molecule has 25 heavy (non-hydrogen) atoms. The van der Waals surface area contributed by atoms with E-state index in [1.54, 1.807) is 11.0 Å². The number of carbonyl (C=O) groups excluding carboxylic acids is 2. The quantitative estimate of drug-likeness (QED) is 0.611. The van der Waals surface area contributed by atoms with Gasteiger partial charge in [-0.05, 0) is 49.8 Å². The van der Waals surface area contributed by atoms with E-state index in [9.17, 15) is 22.8 Å². The van der Waals surface area contributed by atoms with Gasteiger partial charge in [0.05, 0.1) is 11.3 Å². The molecule has 0 radical (unpaired) electrons. The zero-order valence-electron chi connectivity index (χ0n) is 13.4. The van der Waals surface area contributed by atoms with Crippen molar-refractivity contribution in [1.29, 1.82) is 0 Å². The first kappa shape index (κ1) is 16.2. The predicted octanol–water partition coefficient (Wildman–Crippen LogP) is 3.97. The third-order valence-corrected chi connectivity index (χ3v) is 5.73. The Morgan fingerprint density at radius 2 is 2.04 bits per heavy atom. The minimum Gasteiger partial charge on any atom is -0.306 e. The molecule has 1 aliphatic carbocycles. The minimum absolute atomic E-state index is 0.0165. The number of alkyl halides is 3. The van der Waals surface area contributed by atoms with Crippen LogP contribution in [0.15, 0.2) is 36.9 Å². The Hall–Kier alpha value is -2.31. The van der Waals surface area contributed by atoms with E-state index in [4.69, 9.17) is 0 Å². The van der Waals surface area contributed by atoms with Crippen molar-refractivity contribution in [1.82, 2.24) is 4.90 Å². The molecule has 2 saturated heterocycles. The first-order chi connectivity index (χ1) is 11.8. The van der Waals surface area contributed by atoms with E-state index in [2.05, 4.69) is 6.58 Å². The predicted molar refractivity (Wildman–Crippen MR) is 84.8 cm³/mol. The Labute approximate surface area is 142 Å². The summed E-state index contributed by atoms with van der Waals surface area (Å²) >= 11 is 0. The van der Waals surface area contributed by atoms with Gasteiger partial charge in [0, 0.05) is 6.04 Å². The number of carbonyl (C=O) groups is 2. The summed E-state index contributed by atoms with van der Waals surface area (Å²) in [5.41, 5.74) is -1.88. The zero-order valence-corrected chi connectivity index (χ0v) is 13.4. The second-order valence-corrected chi connectivity index (χ2v) is 6.92. The van der Waals surface area contributed by atoms with Crippen molar-refractivity contribution in [3.63, 3.8) is 0 Å². The molecular formula is C18H17F3N2O2. The van der Waals surface area contributed by atoms with Crippen LogP contribution in [0.4, 0.5) is 23.7 Å². The van der Waals surface area contributed by atoms with Crippen molar-refractivity contribution in [3.05, 3.63) is 42.5 Å². The molecule has 1 aromatic carbocycles. The molecule has 0 N–H and O–H groups in total. The molecule has 0 spiro atoms. The number of rotatable bonds is 3. The summed E-state index contributed by atoms with van der Waals surface area (Å²) in [6.45, 7) is 3.71. The van der Waals surface area contributed by atoms with E-state index in [1.807, 2.05) is 0 Å². The van der Waals surface area contributed by atoms with Crippen LogP contribution in [-0.4, -0.2) is 28.4 Å². The van der Waals surface area contributed by atoms with E-state index in [-0.39, 0.29) is 17.6 Å². The number of anilines is 1. The average Bonchev–Trinajstić information content (AvgIpc) is 3.20. The van der Waals surface area contributed by atoms with Crippen molar-refractivity contribution in [2.24, 2.45) is 5.92 Å². The molecule has 3 fully saturated rings. The average molecular weight is 350 g/mol. The van der Waals surface area contributed by atoms with Gasteiger partial charge in [-0.3, -0.25) is 4.79 Å². The molecule has 4 rings (SSSR count). The maximum Gasteiger partial charge on any atom is 0.416 e. The van der Waals surface area contributed by atoms with Gasteiger partial charge in [-0.1, -0.05) is 12.1 Å². The molecule has 3 amide bonds. The van der Waals surface area contributed by atoms with Crippen LogP contribution in [-0.2, 0) is 11.0 Å². The van der Waals surface area contributed by atoms with Crippen LogP contribution < -0.4 is 4.90 Å². The van der Waals surface area contributed by atoms with Gasteiger partial charge >= 0.3 is 12.2 Å². The van der Waals surface area contributed by atoms with Crippen molar-refractivity contribution in [2.75, 3.05) is 4.90 Å². The van der Waals surface area contributed by atoms with Gasteiger partial charge < -0.3 is 4.90 Å². The molecular weight excluding hydrogens is 333 g/mol. The normalized spacial score (nSPS) is 31.0. The topological polar surface area (TPSA) is 40.6 Å². The molecule has 2 aliphatic heterocycles. The first-order valence-corrected chi connectivity index (χ1v) is 8.26. The molecule has 3 aliphatic rings. The number of hydrogen-bond donors (Lipinski definition) is 0. The maximum atomic E-state index is 13.2. The van der Waals surface area contributed by atoms with Crippen LogP contribution in [0, 0.1) is 5.92 Å². The molecule has 132 valence electrons. The first-order valence-electron chi connectivity index (χ1n) is 8.26. The van der Waals surface area contributed by atoms with Gasteiger partial charge in [0.15, 0.2) is 0 Å². The Kier molecular flexibility index (Phi) is 3.30. The molecule has 1 aromatic rings. The van der Waals surface area contributed by atoms with Crippen molar-refractivity contribution in [2.45, 2.75) is 43.4 Å². The van der Waals surface area contributed by atoms with E-state index in [0.29, 0.717) is 6.42 Å². The number of urea groups is 1. The van der Waals surface area contributed by atoms with Gasteiger partial charge in [0.2, 0.25) is 0 Å². The molecule has 7 heteroatoms. The van der Waals surface area contributed by atoms with E-state index < -0.39 is 29.2 Å². The number of hydrogen-bond acceptors (Lipinski definition) is 2. The molecule has 1 saturated carbocycles. The van der Waals surface area contributed by atoms with Crippen molar-refractivity contribution >= 4 is 17.6 Å². The Balaban J connectivity index is 1.79. The van der Waals surface area contributed by atoms with Crippen LogP contribution in [0.1, 0.15) is 31.2 Å². The lowest BCUT2D eigenvalue weighted by Crippen LogP contribution is -2.53. The largest absolute Gasteiger partial charge is 0.416 e. The number of halogens is 3. The summed E-state index contributed by atoms with van der Waals surface area (Å²) in [5.74, 6) is -0.383. The minimum atomic E-state index is -4.53. The molecule has 4 nitrogen and oxygen atoms in total. The van der Waals surface area contributed by atoms with Gasteiger partial charge in [0.25, 0.3) is 5.91 Å². The lowest BCUT2D eigenvalue weighted by Gasteiger charge is -2.37. The monoisotopic (exact) mass is 350 g/mol. The summed E-state index contributed by atoms with van der Waals surface area (Å²) in [6, 6.07) is 3.85. The third kappa shape index (κ3) is 2.01. The Morgan fingerprint density at radius 3 is 2.72 bits per heavy atom. The lowest BCUT2D eigenvalue weighted by atomic mass is 9.80. The number of piperidine rings is 1. The highest BCUT2D eigenvalue weighted by molar-refractivity contribution is 6.24. The van der Waals surface area contributed by atoms with Gasteiger partial charge in [-0.25, -0.2) is 9.69 Å². The summed E-state index contributed by atoms with van der Waals surface area (Å²) in [6.07, 6.45) is -0.121. The second kappa shape index (κ2) is 5.09. The fourth-order valence-electron chi connectivity index (χ4n) is 4.76. The van der Waals surface area contributed by atoms with Crippen molar-refractivity contribution < 1.29 is 22.8 Å². The lowest BCUT2D eigenvalue weighted by molar-refractivity contribution is -0.137. The fourth-order valence-corrected chi connectivity index (χ4v) is 4.76. The number of nitrogens with zero attached hydrogens (tertiary/aromatic N) is 2. The van der Waals surface area contributed by atoms with Crippen molar-refractivity contribution in [3.8, 4) is 0 Å². The second-order valence-electron chi connectivity index (χ2n) is 6.92. The maximum absolute atomic E-state index is 13.2. The van der Waals surface area contributed by atoms with Crippen LogP contribution in [0.5, 0.6) is 0 Å². The van der Waals surface area contributed by atoms with Crippen LogP contribution in [0.3, 0.4) is 0 Å². The molecule has 0 unspecified atom stereocenters. The van der Waals surface area contributed by atoms with Gasteiger partial charge in [-0.2, -0.15) is 13.2 Å². The number of amides is 3. The van der Waals surface area contributed by atoms with Gasteiger partial charge in [0.1, 0.15) is 5.54 Å². The summed E-state index contributed by atoms with van der Waals surface area (Å²) in [7, 11) is 0. The summed E-state index contributed by atoms with van der Waals surface area (Å²) < 4.78 is 39.0. The van der Waals surface area contributed by atoms with Crippen LogP contribution in [0.25, 0.3) is 0 Å². The molecule has 2 heterocycles. The Bertz CT molecular complexity index is 776. The van der Waals surface area contributed by atoms with E-state index in [1.165, 1.54) is 12.1 Å². The van der Waals surface area contributed by atoms with Crippen LogP contribution >= 0.6 is 0 Å². The standard InChI is InChI=1S/C18H17F3N2O2/c1-2-8-17-11-6-7-14(9-11)23(17)16(25)22(15(17)24)13-5-3-4-12(10-13)18(19,20)21/h2-5,10-11,14H,1,6-9H2/t11-,14+,17-/m0/s1. The smallest absolute Gasteiger partial charge is 0.306 e. The highest BCUT2D eigenvalue weighted by atomic mass is 19.4. The number of fused-ring (bicyclic) bond motifs is 5. The molecule has 3 atom stereocenters.